The molecule has 1 atom stereocenters. The number of nitrogens with zero attached hydrogens (tertiary/aromatic N) is 2. The molecule has 210 valence electrons. The second kappa shape index (κ2) is 11.1. The van der Waals surface area contributed by atoms with E-state index in [4.69, 9.17) is 4.74 Å². The first-order valence-electron chi connectivity index (χ1n) is 14.0. The summed E-state index contributed by atoms with van der Waals surface area (Å²) in [5, 5.41) is 16.4. The van der Waals surface area contributed by atoms with E-state index in [0.29, 0.717) is 55.7 Å². The molecule has 2 aromatic heterocycles. The lowest BCUT2D eigenvalue weighted by Crippen LogP contribution is -2.46. The number of amides is 2. The number of para-hydroxylation sites is 1. The Balaban J connectivity index is 1.50. The summed E-state index contributed by atoms with van der Waals surface area (Å²) in [6.45, 7) is 4.71. The second-order valence-electron chi connectivity index (χ2n) is 10.6. The van der Waals surface area contributed by atoms with E-state index in [2.05, 4.69) is 29.4 Å². The van der Waals surface area contributed by atoms with Crippen LogP contribution in [0.4, 0.5) is 4.79 Å². The molecule has 0 radical (unpaired) electrons. The second-order valence-corrected chi connectivity index (χ2v) is 10.6. The third-order valence-electron chi connectivity index (χ3n) is 8.07. The molecule has 41 heavy (non-hydrogen) atoms. The van der Waals surface area contributed by atoms with Crippen molar-refractivity contribution in [2.45, 2.75) is 19.3 Å². The Kier molecular flexibility index (Phi) is 7.24. The Bertz CT molecular complexity index is 1780. The number of fused-ring (bicyclic) bond motifs is 2. The van der Waals surface area contributed by atoms with Gasteiger partial charge in [0.25, 0.3) is 5.56 Å². The summed E-state index contributed by atoms with van der Waals surface area (Å²) >= 11 is 0. The number of hydrogen-bond acceptors (Lipinski definition) is 4. The number of aromatic nitrogens is 2. The molecule has 1 fully saturated rings. The number of carbonyl (C=O) groups excluding carboxylic acids is 1. The molecule has 1 unspecified atom stereocenters. The fourth-order valence-electron chi connectivity index (χ4n) is 5.96. The summed E-state index contributed by atoms with van der Waals surface area (Å²) < 4.78 is 6.99. The fourth-order valence-corrected chi connectivity index (χ4v) is 5.96. The minimum absolute atomic E-state index is 0.0149. The zero-order valence-electron chi connectivity index (χ0n) is 23.3. The lowest BCUT2D eigenvalue weighted by molar-refractivity contribution is 0.0533. The third kappa shape index (κ3) is 4.95. The molecule has 1 aliphatic heterocycles. The van der Waals surface area contributed by atoms with Crippen LogP contribution in [0.3, 0.4) is 0 Å². The molecule has 8 heteroatoms. The van der Waals surface area contributed by atoms with Crippen LogP contribution in [0.15, 0.2) is 77.6 Å². The first-order chi connectivity index (χ1) is 19.9. The summed E-state index contributed by atoms with van der Waals surface area (Å²) in [6.07, 6.45) is 0.548. The first-order valence-corrected chi connectivity index (χ1v) is 14.0. The highest BCUT2D eigenvalue weighted by Gasteiger charge is 2.30. The quantitative estimate of drug-likeness (QED) is 0.283. The van der Waals surface area contributed by atoms with Gasteiger partial charge in [0, 0.05) is 48.7 Å². The number of carbonyl (C=O) groups is 1. The number of urea groups is 1. The van der Waals surface area contributed by atoms with Crippen molar-refractivity contribution in [2.75, 3.05) is 32.8 Å². The highest BCUT2D eigenvalue weighted by Crippen LogP contribution is 2.41. The fraction of sp³-hybridized carbons (Fsp3) is 0.273. The molecular weight excluding hydrogens is 516 g/mol. The average Bonchev–Trinajstić information content (AvgIpc) is 3.35. The smallest absolute Gasteiger partial charge is 0.317 e. The van der Waals surface area contributed by atoms with Crippen LogP contribution >= 0.6 is 0 Å². The molecule has 1 saturated heterocycles. The Morgan fingerprint density at radius 2 is 1.76 bits per heavy atom. The van der Waals surface area contributed by atoms with Crippen LogP contribution in [0.5, 0.6) is 5.75 Å². The number of aromatic hydroxyl groups is 1. The van der Waals surface area contributed by atoms with Crippen molar-refractivity contribution < 1.29 is 14.6 Å². The van der Waals surface area contributed by atoms with Crippen molar-refractivity contribution in [3.05, 3.63) is 111 Å². The molecular formula is C33H34N4O4. The van der Waals surface area contributed by atoms with Gasteiger partial charge in [-0.3, -0.25) is 4.79 Å². The summed E-state index contributed by atoms with van der Waals surface area (Å²) in [5.74, 6) is -0.573. The van der Waals surface area contributed by atoms with Gasteiger partial charge in [-0.1, -0.05) is 54.1 Å². The van der Waals surface area contributed by atoms with Gasteiger partial charge in [-0.15, -0.1) is 0 Å². The van der Waals surface area contributed by atoms with E-state index < -0.39 is 5.92 Å². The molecule has 0 bridgehead atoms. The predicted molar refractivity (Wildman–Crippen MR) is 161 cm³/mol. The van der Waals surface area contributed by atoms with E-state index in [1.807, 2.05) is 60.7 Å². The molecule has 2 amide bonds. The number of morpholine rings is 1. The van der Waals surface area contributed by atoms with Crippen LogP contribution in [0.25, 0.3) is 21.8 Å². The average molecular weight is 551 g/mol. The largest absolute Gasteiger partial charge is 0.507 e. The maximum absolute atomic E-state index is 14.0. The number of pyridine rings is 1. The summed E-state index contributed by atoms with van der Waals surface area (Å²) in [6, 6.07) is 23.3. The Labute approximate surface area is 238 Å². The van der Waals surface area contributed by atoms with E-state index in [0.717, 1.165) is 33.3 Å². The van der Waals surface area contributed by atoms with Crippen LogP contribution in [0, 0.1) is 6.92 Å². The zero-order chi connectivity index (χ0) is 28.5. The summed E-state index contributed by atoms with van der Waals surface area (Å²) in [7, 11) is 1.74. The topological polar surface area (TPSA) is 99.6 Å². The van der Waals surface area contributed by atoms with Gasteiger partial charge < -0.3 is 29.6 Å². The first kappa shape index (κ1) is 26.7. The van der Waals surface area contributed by atoms with Gasteiger partial charge in [-0.05, 0) is 48.7 Å². The molecule has 3 N–H and O–H groups in total. The number of benzene rings is 3. The van der Waals surface area contributed by atoms with E-state index in [9.17, 15) is 14.7 Å². The molecule has 0 aliphatic carbocycles. The number of ether oxygens (including phenoxy) is 1. The Hall–Kier alpha value is -4.56. The summed E-state index contributed by atoms with van der Waals surface area (Å²) in [4.78, 5) is 32.2. The van der Waals surface area contributed by atoms with E-state index in [1.54, 1.807) is 16.5 Å². The lowest BCUT2D eigenvalue weighted by Gasteiger charge is -2.27. The maximum Gasteiger partial charge on any atom is 0.317 e. The number of aromatic amines is 1. The highest BCUT2D eigenvalue weighted by atomic mass is 16.5. The number of aryl methyl sites for hydroxylation is 2. The van der Waals surface area contributed by atoms with Gasteiger partial charge >= 0.3 is 6.03 Å². The van der Waals surface area contributed by atoms with Crippen LogP contribution in [0.2, 0.25) is 0 Å². The number of nitrogens with one attached hydrogen (secondary N) is 2. The number of H-pyrrole nitrogens is 1. The van der Waals surface area contributed by atoms with Gasteiger partial charge in [0.15, 0.2) is 0 Å². The molecule has 3 aromatic carbocycles. The molecule has 5 aromatic rings. The van der Waals surface area contributed by atoms with Crippen molar-refractivity contribution in [3.63, 3.8) is 0 Å². The van der Waals surface area contributed by atoms with E-state index in [1.165, 1.54) is 0 Å². The number of hydrogen-bond donors (Lipinski definition) is 3. The van der Waals surface area contributed by atoms with Crippen LogP contribution < -0.4 is 10.9 Å². The van der Waals surface area contributed by atoms with E-state index in [-0.39, 0.29) is 17.3 Å². The lowest BCUT2D eigenvalue weighted by atomic mass is 9.85. The normalized spacial score (nSPS) is 14.4. The monoisotopic (exact) mass is 550 g/mol. The molecule has 0 saturated carbocycles. The molecule has 1 aliphatic rings. The third-order valence-corrected chi connectivity index (χ3v) is 8.07. The van der Waals surface area contributed by atoms with Crippen molar-refractivity contribution >= 4 is 27.8 Å². The van der Waals surface area contributed by atoms with Gasteiger partial charge in [-0.25, -0.2) is 4.79 Å². The minimum Gasteiger partial charge on any atom is -0.507 e. The SMILES string of the molecule is Cc1ccc2[nH]c(C(c3ccccc3)c3c(O)c4ccccc4n(C)c3=O)c(CCNC(=O)N3CCOCC3)c2c1. The highest BCUT2D eigenvalue weighted by molar-refractivity contribution is 5.89. The Morgan fingerprint density at radius 1 is 1.02 bits per heavy atom. The predicted octanol–water partition coefficient (Wildman–Crippen LogP) is 4.80. The molecule has 0 spiro atoms. The molecule has 6 rings (SSSR count). The van der Waals surface area contributed by atoms with Crippen molar-refractivity contribution in [1.29, 1.82) is 0 Å². The van der Waals surface area contributed by atoms with Crippen LogP contribution in [-0.2, 0) is 18.2 Å². The van der Waals surface area contributed by atoms with Crippen molar-refractivity contribution in [3.8, 4) is 5.75 Å². The van der Waals surface area contributed by atoms with Gasteiger partial charge in [0.2, 0.25) is 0 Å². The summed E-state index contributed by atoms with van der Waals surface area (Å²) in [5.41, 5.74) is 5.52. The van der Waals surface area contributed by atoms with Gasteiger partial charge in [0.05, 0.1) is 30.2 Å². The standard InChI is InChI=1S/C33H34N4O4/c1-21-12-13-26-25(20-21)23(14-15-34-33(40)37-16-18-41-19-17-37)30(35-26)28(22-8-4-3-5-9-22)29-31(38)24-10-6-7-11-27(24)36(2)32(29)39/h3-13,20,28,35,38H,14-19H2,1-2H3,(H,34,40). The zero-order valence-corrected chi connectivity index (χ0v) is 23.3. The van der Waals surface area contributed by atoms with Gasteiger partial charge in [-0.2, -0.15) is 0 Å². The minimum atomic E-state index is -0.558. The molecule has 3 heterocycles. The van der Waals surface area contributed by atoms with Crippen molar-refractivity contribution in [2.24, 2.45) is 7.05 Å². The van der Waals surface area contributed by atoms with Crippen LogP contribution in [-0.4, -0.2) is 58.4 Å². The van der Waals surface area contributed by atoms with E-state index >= 15 is 0 Å². The van der Waals surface area contributed by atoms with Crippen LogP contribution in [0.1, 0.15) is 33.9 Å². The Morgan fingerprint density at radius 3 is 2.54 bits per heavy atom. The van der Waals surface area contributed by atoms with Gasteiger partial charge in [0.1, 0.15) is 5.75 Å². The maximum atomic E-state index is 14.0. The number of rotatable bonds is 6. The molecule has 8 nitrogen and oxygen atoms in total. The van der Waals surface area contributed by atoms with Crippen molar-refractivity contribution in [1.82, 2.24) is 19.8 Å².